The van der Waals surface area contributed by atoms with Crippen LogP contribution < -0.4 is 11.3 Å². The molecule has 31 heavy (non-hydrogen) atoms. The Labute approximate surface area is 175 Å². The molecule has 0 aliphatic rings. The van der Waals surface area contributed by atoms with Crippen LogP contribution in [0.1, 0.15) is 11.1 Å². The van der Waals surface area contributed by atoms with Crippen LogP contribution in [0.15, 0.2) is 45.0 Å². The number of nitro groups is 1. The second-order valence-electron chi connectivity index (χ2n) is 5.74. The van der Waals surface area contributed by atoms with Gasteiger partial charge in [-0.3, -0.25) is 29.6 Å². The third-order valence-electron chi connectivity index (χ3n) is 3.74. The summed E-state index contributed by atoms with van der Waals surface area (Å²) in [4.78, 5) is 5.92. The lowest BCUT2D eigenvalue weighted by Crippen LogP contribution is -2.13. The lowest BCUT2D eigenvalue weighted by atomic mass is 10.1. The summed E-state index contributed by atoms with van der Waals surface area (Å²) < 4.78 is 98.1. The van der Waals surface area contributed by atoms with Crippen LogP contribution in [0.5, 0.6) is 0 Å². The van der Waals surface area contributed by atoms with Crippen LogP contribution in [0, 0.1) is 10.1 Å². The fourth-order valence-corrected chi connectivity index (χ4v) is 5.40. The van der Waals surface area contributed by atoms with Crippen molar-refractivity contribution in [3.05, 3.63) is 51.6 Å². The summed E-state index contributed by atoms with van der Waals surface area (Å²) in [5, 5.41) is 11.1. The fourth-order valence-electron chi connectivity index (χ4n) is 2.52. The molecule has 0 bridgehead atoms. The van der Waals surface area contributed by atoms with Crippen molar-refractivity contribution in [3.63, 3.8) is 0 Å². The van der Waals surface area contributed by atoms with Gasteiger partial charge in [0.15, 0.2) is 4.90 Å². The molecule has 168 valence electrons. The van der Waals surface area contributed by atoms with E-state index in [2.05, 4.69) is 5.43 Å². The highest BCUT2D eigenvalue weighted by molar-refractivity contribution is 7.89. The van der Waals surface area contributed by atoms with Crippen LogP contribution in [-0.4, -0.2) is 43.8 Å². The third kappa shape index (κ3) is 5.41. The number of hydrogen-bond donors (Lipinski definition) is 5. The van der Waals surface area contributed by atoms with Crippen LogP contribution in [-0.2, 0) is 30.4 Å². The highest BCUT2D eigenvalue weighted by Crippen LogP contribution is 2.34. The monoisotopic (exact) mass is 495 g/mol. The molecule has 0 saturated carbocycles. The van der Waals surface area contributed by atoms with Crippen molar-refractivity contribution in [2.24, 2.45) is 5.84 Å². The molecule has 0 amide bonds. The molecule has 0 aliphatic carbocycles. The molecule has 2 rings (SSSR count). The standard InChI is InChI=1S/C14H13N3O11S3/c15-16-10-5-3-8(12(7-10)29(20,21)22)1-2-9-4-6-11(17(18)19)14(31(26,27)28)13(9)30(23,24)25/h1-7,16H,15H2,(H,20,21,22)(H,23,24,25)(H,26,27,28). The van der Waals surface area contributed by atoms with Gasteiger partial charge in [-0.05, 0) is 29.3 Å². The summed E-state index contributed by atoms with van der Waals surface area (Å²) in [5.74, 6) is 5.17. The zero-order chi connectivity index (χ0) is 23.8. The molecule has 0 unspecified atom stereocenters. The maximum Gasteiger partial charge on any atom is 0.302 e. The molecule has 2 aromatic rings. The second kappa shape index (κ2) is 8.30. The van der Waals surface area contributed by atoms with Gasteiger partial charge in [-0.25, -0.2) is 0 Å². The number of hydrazine groups is 1. The molecule has 0 radical (unpaired) electrons. The number of nitrogen functional groups attached to an aromatic ring is 1. The van der Waals surface area contributed by atoms with Gasteiger partial charge < -0.3 is 5.43 Å². The van der Waals surface area contributed by atoms with E-state index < -0.39 is 61.2 Å². The van der Waals surface area contributed by atoms with E-state index in [0.717, 1.165) is 30.4 Å². The van der Waals surface area contributed by atoms with Crippen molar-refractivity contribution < 1.29 is 43.8 Å². The van der Waals surface area contributed by atoms with E-state index in [1.165, 1.54) is 6.07 Å². The average Bonchev–Trinajstić information content (AvgIpc) is 2.63. The Kier molecular flexibility index (Phi) is 6.52. The van der Waals surface area contributed by atoms with Gasteiger partial charge in [-0.1, -0.05) is 18.2 Å². The topological polar surface area (TPSA) is 244 Å². The summed E-state index contributed by atoms with van der Waals surface area (Å²) in [5.41, 5.74) is 0.00972. The summed E-state index contributed by atoms with van der Waals surface area (Å²) in [6.45, 7) is 0. The van der Waals surface area contributed by atoms with Gasteiger partial charge in [0.1, 0.15) is 9.79 Å². The maximum absolute atomic E-state index is 11.8. The maximum atomic E-state index is 11.8. The molecular formula is C14H13N3O11S3. The summed E-state index contributed by atoms with van der Waals surface area (Å²) in [6.07, 6.45) is 1.70. The van der Waals surface area contributed by atoms with Gasteiger partial charge in [-0.15, -0.1) is 0 Å². The third-order valence-corrected chi connectivity index (χ3v) is 6.66. The molecule has 14 nitrogen and oxygen atoms in total. The molecule has 6 N–H and O–H groups in total. The van der Waals surface area contributed by atoms with E-state index in [1.807, 2.05) is 0 Å². The minimum atomic E-state index is -5.51. The molecule has 17 heteroatoms. The predicted molar refractivity (Wildman–Crippen MR) is 106 cm³/mol. The van der Waals surface area contributed by atoms with Crippen LogP contribution in [0.4, 0.5) is 11.4 Å². The number of nitro benzene ring substituents is 1. The molecule has 0 aromatic heterocycles. The van der Waals surface area contributed by atoms with E-state index >= 15 is 0 Å². The fraction of sp³-hybridized carbons (Fsp3) is 0. The smallest absolute Gasteiger partial charge is 0.302 e. The SMILES string of the molecule is NNc1ccc(C=Cc2ccc([N+](=O)[O-])c(S(=O)(=O)O)c2S(=O)(=O)O)c(S(=O)(=O)O)c1. The number of nitrogens with one attached hydrogen (secondary N) is 1. The van der Waals surface area contributed by atoms with E-state index in [4.69, 9.17) is 5.84 Å². The molecule has 2 aromatic carbocycles. The van der Waals surface area contributed by atoms with Gasteiger partial charge >= 0.3 is 10.1 Å². The first kappa shape index (κ1) is 24.3. The van der Waals surface area contributed by atoms with E-state index in [1.54, 1.807) is 0 Å². The van der Waals surface area contributed by atoms with Crippen LogP contribution >= 0.6 is 0 Å². The Hall–Kier alpha value is -2.93. The summed E-state index contributed by atoms with van der Waals surface area (Å²) in [7, 11) is -15.8. The van der Waals surface area contributed by atoms with Gasteiger partial charge in [-0.2, -0.15) is 25.3 Å². The number of benzene rings is 2. The highest BCUT2D eigenvalue weighted by Gasteiger charge is 2.35. The first-order chi connectivity index (χ1) is 14.1. The van der Waals surface area contributed by atoms with Crippen molar-refractivity contribution in [1.82, 2.24) is 0 Å². The van der Waals surface area contributed by atoms with Crippen LogP contribution in [0.3, 0.4) is 0 Å². The second-order valence-corrected chi connectivity index (χ2v) is 9.85. The first-order valence-corrected chi connectivity index (χ1v) is 11.9. The Morgan fingerprint density at radius 2 is 1.35 bits per heavy atom. The Morgan fingerprint density at radius 3 is 1.81 bits per heavy atom. The number of rotatable bonds is 7. The quantitative estimate of drug-likeness (QED) is 0.117. The van der Waals surface area contributed by atoms with E-state index in [-0.39, 0.29) is 11.3 Å². The molecule has 0 saturated heterocycles. The van der Waals surface area contributed by atoms with Crippen molar-refractivity contribution in [3.8, 4) is 0 Å². The molecule has 0 atom stereocenters. The van der Waals surface area contributed by atoms with Gasteiger partial charge in [0.2, 0.25) is 0 Å². The molecule has 0 spiro atoms. The van der Waals surface area contributed by atoms with Gasteiger partial charge in [0, 0.05) is 11.8 Å². The van der Waals surface area contributed by atoms with Crippen molar-refractivity contribution in [1.29, 1.82) is 0 Å². The minimum Gasteiger partial charge on any atom is -0.324 e. The van der Waals surface area contributed by atoms with Crippen LogP contribution in [0.25, 0.3) is 12.2 Å². The minimum absolute atomic E-state index is 0.0763. The molecule has 0 aliphatic heterocycles. The zero-order valence-electron chi connectivity index (χ0n) is 14.9. The van der Waals surface area contributed by atoms with Gasteiger partial charge in [0.25, 0.3) is 25.9 Å². The first-order valence-electron chi connectivity index (χ1n) is 7.60. The molecule has 0 fully saturated rings. The van der Waals surface area contributed by atoms with Gasteiger partial charge in [0.05, 0.1) is 4.92 Å². The summed E-state index contributed by atoms with van der Waals surface area (Å²) in [6, 6.07) is 4.64. The van der Waals surface area contributed by atoms with E-state index in [9.17, 15) is 49.0 Å². The van der Waals surface area contributed by atoms with Crippen molar-refractivity contribution in [2.45, 2.75) is 14.7 Å². The Balaban J connectivity index is 2.86. The lowest BCUT2D eigenvalue weighted by Gasteiger charge is -2.10. The predicted octanol–water partition coefficient (Wildman–Crippen LogP) is 0.791. The average molecular weight is 495 g/mol. The lowest BCUT2D eigenvalue weighted by molar-refractivity contribution is -0.388. The number of anilines is 1. The number of nitrogens with zero attached hydrogens (tertiary/aromatic N) is 1. The Bertz CT molecular complexity index is 1410. The van der Waals surface area contributed by atoms with Crippen LogP contribution in [0.2, 0.25) is 0 Å². The number of nitrogens with two attached hydrogens (primary N) is 1. The Morgan fingerprint density at radius 1 is 0.839 bits per heavy atom. The zero-order valence-corrected chi connectivity index (χ0v) is 17.3. The van der Waals surface area contributed by atoms with E-state index in [0.29, 0.717) is 6.07 Å². The van der Waals surface area contributed by atoms with Crippen molar-refractivity contribution >= 4 is 53.9 Å². The van der Waals surface area contributed by atoms with Crippen molar-refractivity contribution in [2.75, 3.05) is 5.43 Å². The summed E-state index contributed by atoms with van der Waals surface area (Å²) >= 11 is 0. The number of hydrogen-bond acceptors (Lipinski definition) is 10. The highest BCUT2D eigenvalue weighted by atomic mass is 32.2. The molecule has 0 heterocycles. The normalized spacial score (nSPS) is 12.8. The largest absolute Gasteiger partial charge is 0.324 e. The molecular weight excluding hydrogens is 482 g/mol.